The molecule has 0 amide bonds. The Bertz CT molecular complexity index is 1030. The third-order valence-electron chi connectivity index (χ3n) is 3.78. The van der Waals surface area contributed by atoms with Crippen LogP contribution in [0.15, 0.2) is 65.6 Å². The maximum Gasteiger partial charge on any atom is 0.240 e. The first-order valence-electron chi connectivity index (χ1n) is 8.34. The summed E-state index contributed by atoms with van der Waals surface area (Å²) in [5.41, 5.74) is 1.55. The minimum atomic E-state index is -3.80. The van der Waals surface area contributed by atoms with Gasteiger partial charge in [-0.2, -0.15) is 0 Å². The minimum absolute atomic E-state index is 0.000752. The summed E-state index contributed by atoms with van der Waals surface area (Å²) in [7, 11) is -2.21. The van der Waals surface area contributed by atoms with Gasteiger partial charge in [-0.05, 0) is 48.5 Å². The highest BCUT2D eigenvalue weighted by Gasteiger charge is 2.14. The maximum absolute atomic E-state index is 13.2. The van der Waals surface area contributed by atoms with E-state index < -0.39 is 15.8 Å². The molecular weight excluding hydrogens is 385 g/mol. The molecule has 0 unspecified atom stereocenters. The van der Waals surface area contributed by atoms with E-state index in [1.165, 1.54) is 18.2 Å². The Morgan fingerprint density at radius 2 is 1.82 bits per heavy atom. The highest BCUT2D eigenvalue weighted by Crippen LogP contribution is 2.21. The van der Waals surface area contributed by atoms with Gasteiger partial charge >= 0.3 is 0 Å². The largest absolute Gasteiger partial charge is 0.497 e. The smallest absolute Gasteiger partial charge is 0.240 e. The SMILES string of the molecule is COc1ccc(-c2ccc(OCCNS(=O)(=O)c3cccc(F)c3)nn2)cc1. The summed E-state index contributed by atoms with van der Waals surface area (Å²) in [6.45, 7) is 0.0475. The van der Waals surface area contributed by atoms with Crippen LogP contribution in [0.5, 0.6) is 11.6 Å². The maximum atomic E-state index is 13.2. The summed E-state index contributed by atoms with van der Waals surface area (Å²) < 4.78 is 50.2. The van der Waals surface area contributed by atoms with Crippen molar-refractivity contribution in [2.24, 2.45) is 0 Å². The highest BCUT2D eigenvalue weighted by atomic mass is 32.2. The number of hydrogen-bond acceptors (Lipinski definition) is 6. The van der Waals surface area contributed by atoms with Gasteiger partial charge in [0.1, 0.15) is 18.2 Å². The highest BCUT2D eigenvalue weighted by molar-refractivity contribution is 7.89. The number of ether oxygens (including phenoxy) is 2. The molecule has 3 rings (SSSR count). The van der Waals surface area contributed by atoms with E-state index in [4.69, 9.17) is 9.47 Å². The fraction of sp³-hybridized carbons (Fsp3) is 0.158. The standard InChI is InChI=1S/C19H18FN3O4S/c1-26-16-7-5-14(6-8-16)18-9-10-19(23-22-18)27-12-11-21-28(24,25)17-4-2-3-15(20)13-17/h2-10,13,21H,11-12H2,1H3. The number of nitrogens with one attached hydrogen (secondary N) is 1. The van der Waals surface area contributed by atoms with Crippen molar-refractivity contribution in [2.45, 2.75) is 4.90 Å². The third kappa shape index (κ3) is 5.02. The van der Waals surface area contributed by atoms with Gasteiger partial charge in [0.2, 0.25) is 15.9 Å². The van der Waals surface area contributed by atoms with Crippen molar-refractivity contribution in [1.82, 2.24) is 14.9 Å². The van der Waals surface area contributed by atoms with Gasteiger partial charge in [0.15, 0.2) is 0 Å². The lowest BCUT2D eigenvalue weighted by atomic mass is 10.1. The molecule has 0 aliphatic heterocycles. The number of methoxy groups -OCH3 is 1. The summed E-state index contributed by atoms with van der Waals surface area (Å²) in [5.74, 6) is 0.394. The van der Waals surface area contributed by atoms with Crippen molar-refractivity contribution in [3.8, 4) is 22.9 Å². The topological polar surface area (TPSA) is 90.4 Å². The van der Waals surface area contributed by atoms with Gasteiger partial charge in [0.25, 0.3) is 0 Å². The number of rotatable bonds is 8. The minimum Gasteiger partial charge on any atom is -0.497 e. The van der Waals surface area contributed by atoms with Gasteiger partial charge in [0, 0.05) is 18.2 Å². The van der Waals surface area contributed by atoms with Crippen LogP contribution < -0.4 is 14.2 Å². The summed E-state index contributed by atoms with van der Waals surface area (Å²) >= 11 is 0. The summed E-state index contributed by atoms with van der Waals surface area (Å²) in [6.07, 6.45) is 0. The van der Waals surface area contributed by atoms with Gasteiger partial charge in [0.05, 0.1) is 17.7 Å². The Morgan fingerprint density at radius 3 is 2.46 bits per heavy atom. The van der Waals surface area contributed by atoms with Crippen molar-refractivity contribution in [3.05, 3.63) is 66.5 Å². The van der Waals surface area contributed by atoms with Gasteiger partial charge in [-0.25, -0.2) is 17.5 Å². The third-order valence-corrected chi connectivity index (χ3v) is 5.24. The van der Waals surface area contributed by atoms with Crippen LogP contribution in [0.25, 0.3) is 11.3 Å². The Hall–Kier alpha value is -3.04. The zero-order valence-corrected chi connectivity index (χ0v) is 15.8. The second-order valence-electron chi connectivity index (χ2n) is 5.69. The zero-order valence-electron chi connectivity index (χ0n) is 15.0. The molecule has 9 heteroatoms. The quantitative estimate of drug-likeness (QED) is 0.582. The average Bonchev–Trinajstić information content (AvgIpc) is 2.72. The number of sulfonamides is 1. The molecule has 1 N–H and O–H groups in total. The molecular formula is C19H18FN3O4S. The van der Waals surface area contributed by atoms with E-state index in [-0.39, 0.29) is 23.9 Å². The molecule has 0 aliphatic carbocycles. The van der Waals surface area contributed by atoms with Gasteiger partial charge in [-0.3, -0.25) is 0 Å². The van der Waals surface area contributed by atoms with E-state index in [9.17, 15) is 12.8 Å². The van der Waals surface area contributed by atoms with E-state index >= 15 is 0 Å². The van der Waals surface area contributed by atoms with Crippen LogP contribution in [-0.2, 0) is 10.0 Å². The molecule has 0 bridgehead atoms. The van der Waals surface area contributed by atoms with Gasteiger partial charge in [-0.1, -0.05) is 6.07 Å². The molecule has 0 saturated heterocycles. The number of benzene rings is 2. The number of hydrogen-bond donors (Lipinski definition) is 1. The molecule has 0 fully saturated rings. The Morgan fingerprint density at radius 1 is 1.04 bits per heavy atom. The Kier molecular flexibility index (Phi) is 6.17. The van der Waals surface area contributed by atoms with Crippen molar-refractivity contribution in [1.29, 1.82) is 0 Å². The Labute approximate surface area is 162 Å². The van der Waals surface area contributed by atoms with Crippen LogP contribution in [0.4, 0.5) is 4.39 Å². The molecule has 1 aromatic heterocycles. The average molecular weight is 403 g/mol. The van der Waals surface area contributed by atoms with Crippen molar-refractivity contribution >= 4 is 10.0 Å². The molecule has 2 aromatic carbocycles. The molecule has 0 saturated carbocycles. The summed E-state index contributed by atoms with van der Waals surface area (Å²) in [6, 6.07) is 15.6. The van der Waals surface area contributed by atoms with E-state index in [0.717, 1.165) is 17.4 Å². The number of nitrogens with zero attached hydrogens (tertiary/aromatic N) is 2. The van der Waals surface area contributed by atoms with E-state index in [0.29, 0.717) is 5.69 Å². The van der Waals surface area contributed by atoms with Crippen molar-refractivity contribution in [3.63, 3.8) is 0 Å². The van der Waals surface area contributed by atoms with Crippen LogP contribution in [0, 0.1) is 5.82 Å². The van der Waals surface area contributed by atoms with Crippen molar-refractivity contribution < 1.29 is 22.3 Å². The van der Waals surface area contributed by atoms with Gasteiger partial charge < -0.3 is 9.47 Å². The first-order chi connectivity index (χ1) is 13.5. The molecule has 7 nitrogen and oxygen atoms in total. The monoisotopic (exact) mass is 403 g/mol. The molecule has 0 aliphatic rings. The molecule has 0 radical (unpaired) electrons. The van der Waals surface area contributed by atoms with Crippen LogP contribution in [0.2, 0.25) is 0 Å². The molecule has 0 atom stereocenters. The lowest BCUT2D eigenvalue weighted by molar-refractivity contribution is 0.307. The van der Waals surface area contributed by atoms with E-state index in [1.54, 1.807) is 19.2 Å². The van der Waals surface area contributed by atoms with Gasteiger partial charge in [-0.15, -0.1) is 10.2 Å². The summed E-state index contributed by atoms with van der Waals surface area (Å²) in [4.78, 5) is -0.142. The molecule has 3 aromatic rings. The Balaban J connectivity index is 1.52. The first kappa shape index (κ1) is 19.7. The zero-order chi connectivity index (χ0) is 20.0. The molecule has 0 spiro atoms. The van der Waals surface area contributed by atoms with Crippen LogP contribution in [0.3, 0.4) is 0 Å². The van der Waals surface area contributed by atoms with Crippen molar-refractivity contribution in [2.75, 3.05) is 20.3 Å². The predicted octanol–water partition coefficient (Wildman–Crippen LogP) is 2.65. The second kappa shape index (κ2) is 8.77. The van der Waals surface area contributed by atoms with Crippen LogP contribution in [-0.4, -0.2) is 38.9 Å². The summed E-state index contributed by atoms with van der Waals surface area (Å²) in [5, 5.41) is 8.06. The van der Waals surface area contributed by atoms with E-state index in [1.807, 2.05) is 24.3 Å². The van der Waals surface area contributed by atoms with Crippen LogP contribution in [0.1, 0.15) is 0 Å². The molecule has 1 heterocycles. The molecule has 28 heavy (non-hydrogen) atoms. The first-order valence-corrected chi connectivity index (χ1v) is 9.82. The lowest BCUT2D eigenvalue weighted by Crippen LogP contribution is -2.28. The van der Waals surface area contributed by atoms with E-state index in [2.05, 4.69) is 14.9 Å². The number of halogens is 1. The fourth-order valence-electron chi connectivity index (χ4n) is 2.36. The lowest BCUT2D eigenvalue weighted by Gasteiger charge is -2.08. The molecule has 146 valence electrons. The number of aromatic nitrogens is 2. The predicted molar refractivity (Wildman–Crippen MR) is 101 cm³/mol. The normalized spacial score (nSPS) is 11.2. The fourth-order valence-corrected chi connectivity index (χ4v) is 3.41. The van der Waals surface area contributed by atoms with Crippen LogP contribution >= 0.6 is 0 Å². The second-order valence-corrected chi connectivity index (χ2v) is 7.46.